The standard InChI is InChI=1S/C11H13ClN2O3S/c12-8-1-3-9(4-2-8)14-11(17)13-5-6-18-7-10(15)16/h1-4H,5-7H2,(H,15,16)(H2,13,14,17). The third kappa shape index (κ3) is 6.36. The minimum absolute atomic E-state index is 0.0421. The van der Waals surface area contributed by atoms with E-state index in [1.165, 1.54) is 11.8 Å². The highest BCUT2D eigenvalue weighted by molar-refractivity contribution is 7.99. The molecule has 2 amide bonds. The number of halogens is 1. The summed E-state index contributed by atoms with van der Waals surface area (Å²) < 4.78 is 0. The van der Waals surface area contributed by atoms with E-state index in [1.54, 1.807) is 24.3 Å². The Bertz CT molecular complexity index is 411. The van der Waals surface area contributed by atoms with Crippen LogP contribution in [0.5, 0.6) is 0 Å². The Kier molecular flexibility index (Phi) is 6.38. The first-order valence-corrected chi connectivity index (χ1v) is 6.71. The highest BCUT2D eigenvalue weighted by atomic mass is 35.5. The van der Waals surface area contributed by atoms with Crippen LogP contribution in [0.1, 0.15) is 0 Å². The number of hydrogen-bond donors (Lipinski definition) is 3. The number of anilines is 1. The second-order valence-electron chi connectivity index (χ2n) is 3.33. The molecule has 1 aromatic carbocycles. The average Bonchev–Trinajstić information content (AvgIpc) is 2.31. The molecule has 7 heteroatoms. The summed E-state index contributed by atoms with van der Waals surface area (Å²) in [5.74, 6) is -0.258. The number of urea groups is 1. The normalized spacial score (nSPS) is 9.83. The zero-order chi connectivity index (χ0) is 13.4. The molecular formula is C11H13ClN2O3S. The van der Waals surface area contributed by atoms with Gasteiger partial charge in [0.15, 0.2) is 0 Å². The van der Waals surface area contributed by atoms with Crippen LogP contribution in [0.2, 0.25) is 5.02 Å². The van der Waals surface area contributed by atoms with Gasteiger partial charge in [-0.05, 0) is 24.3 Å². The smallest absolute Gasteiger partial charge is 0.319 e. The van der Waals surface area contributed by atoms with Crippen LogP contribution < -0.4 is 10.6 Å². The van der Waals surface area contributed by atoms with Gasteiger partial charge >= 0.3 is 12.0 Å². The fourth-order valence-electron chi connectivity index (χ4n) is 1.10. The van der Waals surface area contributed by atoms with E-state index in [0.29, 0.717) is 23.0 Å². The molecule has 0 atom stereocenters. The summed E-state index contributed by atoms with van der Waals surface area (Å²) in [6.07, 6.45) is 0. The predicted molar refractivity (Wildman–Crippen MR) is 73.4 cm³/mol. The number of rotatable bonds is 6. The van der Waals surface area contributed by atoms with E-state index < -0.39 is 5.97 Å². The molecule has 0 saturated heterocycles. The van der Waals surface area contributed by atoms with Gasteiger partial charge in [0.25, 0.3) is 0 Å². The number of carboxylic acid groups (broad SMARTS) is 1. The van der Waals surface area contributed by atoms with E-state index in [2.05, 4.69) is 10.6 Å². The van der Waals surface area contributed by atoms with Crippen LogP contribution in [-0.4, -0.2) is 35.2 Å². The number of nitrogens with one attached hydrogen (secondary N) is 2. The van der Waals surface area contributed by atoms with Crippen molar-refractivity contribution in [3.63, 3.8) is 0 Å². The largest absolute Gasteiger partial charge is 0.481 e. The summed E-state index contributed by atoms with van der Waals surface area (Å²) >= 11 is 6.97. The number of carbonyl (C=O) groups excluding carboxylic acids is 1. The van der Waals surface area contributed by atoms with E-state index in [9.17, 15) is 9.59 Å². The minimum Gasteiger partial charge on any atom is -0.481 e. The average molecular weight is 289 g/mol. The number of hydrogen-bond acceptors (Lipinski definition) is 3. The van der Waals surface area contributed by atoms with E-state index in [1.807, 2.05) is 0 Å². The van der Waals surface area contributed by atoms with Crippen LogP contribution in [0.15, 0.2) is 24.3 Å². The Morgan fingerprint density at radius 1 is 1.28 bits per heavy atom. The zero-order valence-electron chi connectivity index (χ0n) is 9.48. The first-order chi connectivity index (χ1) is 8.58. The van der Waals surface area contributed by atoms with Gasteiger partial charge in [0.2, 0.25) is 0 Å². The lowest BCUT2D eigenvalue weighted by atomic mass is 10.3. The lowest BCUT2D eigenvalue weighted by molar-refractivity contribution is -0.133. The number of carboxylic acids is 1. The van der Waals surface area contributed by atoms with Gasteiger partial charge in [-0.15, -0.1) is 11.8 Å². The highest BCUT2D eigenvalue weighted by Crippen LogP contribution is 2.12. The van der Waals surface area contributed by atoms with Crippen molar-refractivity contribution >= 4 is 41.1 Å². The van der Waals surface area contributed by atoms with Gasteiger partial charge in [-0.25, -0.2) is 4.79 Å². The summed E-state index contributed by atoms with van der Waals surface area (Å²) in [6, 6.07) is 6.43. The molecule has 0 aliphatic carbocycles. The van der Waals surface area contributed by atoms with Gasteiger partial charge in [-0.2, -0.15) is 0 Å². The molecule has 5 nitrogen and oxygen atoms in total. The molecule has 18 heavy (non-hydrogen) atoms. The molecule has 0 spiro atoms. The van der Waals surface area contributed by atoms with Crippen LogP contribution in [0.4, 0.5) is 10.5 Å². The first-order valence-electron chi connectivity index (χ1n) is 5.18. The maximum absolute atomic E-state index is 11.4. The minimum atomic E-state index is -0.856. The number of amides is 2. The molecule has 3 N–H and O–H groups in total. The van der Waals surface area contributed by atoms with Crippen molar-refractivity contribution in [3.8, 4) is 0 Å². The number of carbonyl (C=O) groups is 2. The Labute approximate surface area is 114 Å². The molecule has 0 aromatic heterocycles. The summed E-state index contributed by atoms with van der Waals surface area (Å²) in [4.78, 5) is 21.6. The third-order valence-electron chi connectivity index (χ3n) is 1.86. The topological polar surface area (TPSA) is 78.4 Å². The van der Waals surface area contributed by atoms with Crippen LogP contribution >= 0.6 is 23.4 Å². The van der Waals surface area contributed by atoms with Crippen molar-refractivity contribution in [1.29, 1.82) is 0 Å². The maximum atomic E-state index is 11.4. The SMILES string of the molecule is O=C(O)CSCCNC(=O)Nc1ccc(Cl)cc1. The molecular weight excluding hydrogens is 276 g/mol. The molecule has 98 valence electrons. The summed E-state index contributed by atoms with van der Waals surface area (Å²) in [6.45, 7) is 0.414. The van der Waals surface area contributed by atoms with Crippen molar-refractivity contribution in [3.05, 3.63) is 29.3 Å². The number of aliphatic carboxylic acids is 1. The summed E-state index contributed by atoms with van der Waals surface area (Å²) in [5, 5.41) is 14.3. The van der Waals surface area contributed by atoms with Crippen molar-refractivity contribution in [2.45, 2.75) is 0 Å². The molecule has 0 saturated carbocycles. The number of benzene rings is 1. The lowest BCUT2D eigenvalue weighted by Crippen LogP contribution is -2.30. The predicted octanol–water partition coefficient (Wildman–Crippen LogP) is 2.28. The van der Waals surface area contributed by atoms with Gasteiger partial charge in [0, 0.05) is 23.0 Å². The van der Waals surface area contributed by atoms with Crippen molar-refractivity contribution in [2.75, 3.05) is 23.4 Å². The summed E-state index contributed by atoms with van der Waals surface area (Å²) in [7, 11) is 0. The van der Waals surface area contributed by atoms with Gasteiger partial charge in [0.05, 0.1) is 5.75 Å². The van der Waals surface area contributed by atoms with Crippen molar-refractivity contribution in [2.24, 2.45) is 0 Å². The maximum Gasteiger partial charge on any atom is 0.319 e. The number of thioether (sulfide) groups is 1. The first kappa shape index (κ1) is 14.7. The molecule has 1 aromatic rings. The summed E-state index contributed by atoms with van der Waals surface area (Å²) in [5.41, 5.74) is 0.648. The zero-order valence-corrected chi connectivity index (χ0v) is 11.1. The quantitative estimate of drug-likeness (QED) is 0.702. The van der Waals surface area contributed by atoms with Gasteiger partial charge in [0.1, 0.15) is 0 Å². The van der Waals surface area contributed by atoms with Gasteiger partial charge in [-0.3, -0.25) is 4.79 Å². The molecule has 0 aliphatic heterocycles. The van der Waals surface area contributed by atoms with E-state index in [4.69, 9.17) is 16.7 Å². The third-order valence-corrected chi connectivity index (χ3v) is 3.06. The Morgan fingerprint density at radius 2 is 1.94 bits per heavy atom. The fraction of sp³-hybridized carbons (Fsp3) is 0.273. The van der Waals surface area contributed by atoms with E-state index in [-0.39, 0.29) is 11.8 Å². The molecule has 0 heterocycles. The highest BCUT2D eigenvalue weighted by Gasteiger charge is 2.01. The molecule has 0 unspecified atom stereocenters. The van der Waals surface area contributed by atoms with Gasteiger partial charge in [-0.1, -0.05) is 11.6 Å². The van der Waals surface area contributed by atoms with Crippen molar-refractivity contribution in [1.82, 2.24) is 5.32 Å². The molecule has 0 aliphatic rings. The fourth-order valence-corrected chi connectivity index (χ4v) is 1.80. The van der Waals surface area contributed by atoms with Crippen LogP contribution in [0.25, 0.3) is 0 Å². The van der Waals surface area contributed by atoms with E-state index >= 15 is 0 Å². The van der Waals surface area contributed by atoms with Crippen LogP contribution in [0, 0.1) is 0 Å². The lowest BCUT2D eigenvalue weighted by Gasteiger charge is -2.07. The van der Waals surface area contributed by atoms with E-state index in [0.717, 1.165) is 0 Å². The van der Waals surface area contributed by atoms with Crippen LogP contribution in [0.3, 0.4) is 0 Å². The second-order valence-corrected chi connectivity index (χ2v) is 4.88. The van der Waals surface area contributed by atoms with Crippen LogP contribution in [-0.2, 0) is 4.79 Å². The van der Waals surface area contributed by atoms with Crippen molar-refractivity contribution < 1.29 is 14.7 Å². The molecule has 1 rings (SSSR count). The molecule has 0 radical (unpaired) electrons. The molecule has 0 fully saturated rings. The monoisotopic (exact) mass is 288 g/mol. The Morgan fingerprint density at radius 3 is 2.56 bits per heavy atom. The second kappa shape index (κ2) is 7.84. The Hall–Kier alpha value is -1.40. The molecule has 0 bridgehead atoms. The Balaban J connectivity index is 2.17. The van der Waals surface area contributed by atoms with Gasteiger partial charge < -0.3 is 15.7 Å².